The topological polar surface area (TPSA) is 133 Å². The lowest BCUT2D eigenvalue weighted by molar-refractivity contribution is -0.168. The lowest BCUT2D eigenvalue weighted by Crippen LogP contribution is -2.55. The van der Waals surface area contributed by atoms with E-state index in [0.29, 0.717) is 71.2 Å². The standard InChI is InChI=1S/C44H44O9S/c1-23-24(2)39(35(40(47)48)16-36(23)51-3)54(33-8-4-31(5-9-33)52-41(49)43-17-25-12-27(19-43)37(45)28(13-25)20-43)34-10-6-32(7-11-34)53-42(50)44-18-26-14-29(21-44)38(46)30(15-26)22-44/h4-11,16,25-30H,12-15,17-22H2,1-3H3/p+1. The maximum atomic E-state index is 13.7. The van der Waals surface area contributed by atoms with Crippen LogP contribution in [0, 0.1) is 60.2 Å². The summed E-state index contributed by atoms with van der Waals surface area (Å²) in [5.74, 6) is 0.984. The fourth-order valence-corrected chi connectivity index (χ4v) is 14.0. The highest BCUT2D eigenvalue weighted by Gasteiger charge is 2.60. The van der Waals surface area contributed by atoms with Crippen molar-refractivity contribution in [3.8, 4) is 17.2 Å². The maximum absolute atomic E-state index is 13.7. The molecule has 0 radical (unpaired) electrons. The molecule has 0 saturated heterocycles. The number of carbonyl (C=O) groups excluding carboxylic acids is 4. The average Bonchev–Trinajstić information content (AvgIpc) is 3.15. The summed E-state index contributed by atoms with van der Waals surface area (Å²) in [6.45, 7) is 3.81. The number of hydrogen-bond acceptors (Lipinski definition) is 8. The largest absolute Gasteiger partial charge is 0.496 e. The number of carbonyl (C=O) groups is 5. The first-order valence-corrected chi connectivity index (χ1v) is 20.5. The molecule has 0 aliphatic heterocycles. The van der Waals surface area contributed by atoms with Crippen LogP contribution < -0.4 is 14.2 Å². The molecule has 0 aromatic heterocycles. The number of Topliss-reactive ketones (excluding diaryl/α,β-unsaturated/α-hetero) is 2. The highest BCUT2D eigenvalue weighted by molar-refractivity contribution is 7.97. The summed E-state index contributed by atoms with van der Waals surface area (Å²) >= 11 is 0. The number of methoxy groups -OCH3 is 1. The van der Waals surface area contributed by atoms with Crippen LogP contribution in [0.3, 0.4) is 0 Å². The fraction of sp³-hybridized carbons (Fsp3) is 0.477. The zero-order chi connectivity index (χ0) is 37.7. The van der Waals surface area contributed by atoms with Crippen LogP contribution in [0.5, 0.6) is 17.2 Å². The van der Waals surface area contributed by atoms with Gasteiger partial charge in [-0.05, 0) is 144 Å². The fourth-order valence-electron chi connectivity index (χ4n) is 11.6. The van der Waals surface area contributed by atoms with Crippen molar-refractivity contribution in [3.05, 3.63) is 71.3 Å². The zero-order valence-corrected chi connectivity index (χ0v) is 31.7. The summed E-state index contributed by atoms with van der Waals surface area (Å²) in [6.07, 6.45) is 7.37. The van der Waals surface area contributed by atoms with Gasteiger partial charge in [-0.3, -0.25) is 19.2 Å². The molecule has 0 heterocycles. The van der Waals surface area contributed by atoms with Gasteiger partial charge in [0, 0.05) is 35.3 Å². The molecular formula is C44H45O9S+. The molecule has 10 heteroatoms. The summed E-state index contributed by atoms with van der Waals surface area (Å²) < 4.78 is 17.6. The van der Waals surface area contributed by atoms with Crippen LogP contribution in [0.15, 0.2) is 69.3 Å². The van der Waals surface area contributed by atoms with Gasteiger partial charge in [0.15, 0.2) is 14.7 Å². The third-order valence-electron chi connectivity index (χ3n) is 13.8. The lowest BCUT2D eigenvalue weighted by atomic mass is 9.49. The SMILES string of the molecule is COc1cc(C(=O)O)c([S+](c2ccc(OC(=O)C34CC5CC(C3)C(=O)C(C5)C4)cc2)c2ccc(OC(=O)C34CC5CC(C3)C(=O)C(C5)C4)cc2)c(C)c1C. The van der Waals surface area contributed by atoms with E-state index < -0.39 is 27.7 Å². The molecule has 280 valence electrons. The van der Waals surface area contributed by atoms with Gasteiger partial charge in [0.1, 0.15) is 45.3 Å². The Balaban J connectivity index is 1.02. The van der Waals surface area contributed by atoms with Crippen molar-refractivity contribution in [2.24, 2.45) is 46.3 Å². The first-order chi connectivity index (χ1) is 25.9. The number of ketones is 2. The molecule has 3 aromatic carbocycles. The van der Waals surface area contributed by atoms with Crippen LogP contribution in [0.4, 0.5) is 0 Å². The first kappa shape index (κ1) is 35.3. The number of rotatable bonds is 9. The predicted octanol–water partition coefficient (Wildman–Crippen LogP) is 7.71. The number of carboxylic acid groups (broad SMARTS) is 1. The first-order valence-electron chi connectivity index (χ1n) is 19.2. The molecule has 0 amide bonds. The second-order valence-electron chi connectivity index (χ2n) is 17.1. The van der Waals surface area contributed by atoms with Gasteiger partial charge in [-0.15, -0.1) is 0 Å². The van der Waals surface area contributed by atoms with Crippen molar-refractivity contribution in [2.45, 2.75) is 92.7 Å². The number of carboxylic acids is 1. The molecule has 54 heavy (non-hydrogen) atoms. The summed E-state index contributed by atoms with van der Waals surface area (Å²) in [7, 11) is 0.585. The van der Waals surface area contributed by atoms with Crippen molar-refractivity contribution in [1.29, 1.82) is 0 Å². The van der Waals surface area contributed by atoms with Gasteiger partial charge in [0.25, 0.3) is 0 Å². The number of esters is 2. The lowest BCUT2D eigenvalue weighted by Gasteiger charge is -2.53. The molecule has 0 spiro atoms. The Morgan fingerprint density at radius 1 is 0.648 bits per heavy atom. The van der Waals surface area contributed by atoms with E-state index in [4.69, 9.17) is 14.2 Å². The van der Waals surface area contributed by atoms with Crippen molar-refractivity contribution in [3.63, 3.8) is 0 Å². The van der Waals surface area contributed by atoms with E-state index in [1.165, 1.54) is 7.11 Å². The number of aromatic carboxylic acids is 1. The van der Waals surface area contributed by atoms with Gasteiger partial charge < -0.3 is 19.3 Å². The minimum atomic E-state index is -1.08. The molecule has 11 rings (SSSR count). The Labute approximate surface area is 317 Å². The molecule has 4 unspecified atom stereocenters. The van der Waals surface area contributed by atoms with Gasteiger partial charge in [0.05, 0.1) is 17.9 Å². The van der Waals surface area contributed by atoms with E-state index in [2.05, 4.69) is 0 Å². The van der Waals surface area contributed by atoms with Crippen molar-refractivity contribution < 1.29 is 43.3 Å². The van der Waals surface area contributed by atoms with Crippen LogP contribution in [0.25, 0.3) is 0 Å². The second-order valence-corrected chi connectivity index (χ2v) is 19.1. The molecule has 8 aliphatic rings. The van der Waals surface area contributed by atoms with Gasteiger partial charge in [0.2, 0.25) is 0 Å². The molecule has 8 fully saturated rings. The maximum Gasteiger partial charge on any atom is 0.341 e. The van der Waals surface area contributed by atoms with Crippen molar-refractivity contribution in [2.75, 3.05) is 7.11 Å². The molecule has 8 saturated carbocycles. The highest BCUT2D eigenvalue weighted by Crippen LogP contribution is 2.60. The van der Waals surface area contributed by atoms with Gasteiger partial charge in [-0.2, -0.15) is 0 Å². The summed E-state index contributed by atoms with van der Waals surface area (Å²) in [5, 5.41) is 10.5. The molecule has 8 bridgehead atoms. The normalized spacial score (nSPS) is 32.1. The van der Waals surface area contributed by atoms with E-state index in [-0.39, 0.29) is 41.2 Å². The molecule has 3 aromatic rings. The van der Waals surface area contributed by atoms with Gasteiger partial charge in [-0.25, -0.2) is 4.79 Å². The minimum Gasteiger partial charge on any atom is -0.496 e. The van der Waals surface area contributed by atoms with Gasteiger partial charge in [-0.1, -0.05) is 0 Å². The van der Waals surface area contributed by atoms with Crippen LogP contribution >= 0.6 is 0 Å². The van der Waals surface area contributed by atoms with Crippen LogP contribution in [0.2, 0.25) is 0 Å². The highest BCUT2D eigenvalue weighted by atomic mass is 32.2. The smallest absolute Gasteiger partial charge is 0.341 e. The van der Waals surface area contributed by atoms with Crippen molar-refractivity contribution in [1.82, 2.24) is 0 Å². The number of hydrogen-bond donors (Lipinski definition) is 1. The summed E-state index contributed by atoms with van der Waals surface area (Å²) in [5.41, 5.74) is 0.514. The second kappa shape index (κ2) is 12.8. The quantitative estimate of drug-likeness (QED) is 0.133. The third kappa shape index (κ3) is 5.61. The van der Waals surface area contributed by atoms with E-state index >= 15 is 0 Å². The van der Waals surface area contributed by atoms with E-state index in [0.717, 1.165) is 59.4 Å². The molecule has 1 N–H and O–H groups in total. The average molecular weight is 750 g/mol. The summed E-state index contributed by atoms with van der Waals surface area (Å²) in [6, 6.07) is 16.1. The Hall–Kier alpha value is -4.44. The minimum absolute atomic E-state index is 0.0366. The molecule has 4 atom stereocenters. The summed E-state index contributed by atoms with van der Waals surface area (Å²) in [4.78, 5) is 68.0. The van der Waals surface area contributed by atoms with Gasteiger partial charge >= 0.3 is 17.9 Å². The number of benzene rings is 3. The molecule has 9 nitrogen and oxygen atoms in total. The third-order valence-corrected chi connectivity index (χ3v) is 16.3. The van der Waals surface area contributed by atoms with E-state index in [1.54, 1.807) is 30.3 Å². The Morgan fingerprint density at radius 2 is 1.06 bits per heavy atom. The zero-order valence-electron chi connectivity index (χ0n) is 30.9. The Bertz CT molecular complexity index is 1960. The van der Waals surface area contributed by atoms with E-state index in [1.807, 2.05) is 38.1 Å². The van der Waals surface area contributed by atoms with Crippen molar-refractivity contribution >= 4 is 40.4 Å². The van der Waals surface area contributed by atoms with Crippen LogP contribution in [-0.2, 0) is 30.1 Å². The molecular weight excluding hydrogens is 705 g/mol. The monoisotopic (exact) mass is 749 g/mol. The van der Waals surface area contributed by atoms with Crippen LogP contribution in [0.1, 0.15) is 85.7 Å². The molecule has 8 aliphatic carbocycles. The Kier molecular flexibility index (Phi) is 8.37. The predicted molar refractivity (Wildman–Crippen MR) is 198 cm³/mol. The number of ether oxygens (including phenoxy) is 3. The van der Waals surface area contributed by atoms with E-state index in [9.17, 15) is 29.1 Å². The van der Waals surface area contributed by atoms with Crippen LogP contribution in [-0.4, -0.2) is 41.7 Å². The Morgan fingerprint density at radius 3 is 1.43 bits per heavy atom.